The van der Waals surface area contributed by atoms with E-state index in [0.29, 0.717) is 18.9 Å². The van der Waals surface area contributed by atoms with Crippen LogP contribution in [-0.4, -0.2) is 16.0 Å². The maximum absolute atomic E-state index is 12.9. The smallest absolute Gasteiger partial charge is 0.306 e. The van der Waals surface area contributed by atoms with Gasteiger partial charge in [-0.2, -0.15) is 4.98 Å². The second kappa shape index (κ2) is 10.0. The molecule has 0 bridgehead atoms. The number of amides is 1. The first-order valence-electron chi connectivity index (χ1n) is 10.1. The molecule has 0 radical (unpaired) electrons. The minimum Gasteiger partial charge on any atom is -0.337 e. The van der Waals surface area contributed by atoms with Crippen LogP contribution in [-0.2, 0) is 24.2 Å². The lowest BCUT2D eigenvalue weighted by Gasteiger charge is -2.15. The topological polar surface area (TPSA) is 59.2 Å². The van der Waals surface area contributed by atoms with E-state index in [1.165, 1.54) is 10.5 Å². The van der Waals surface area contributed by atoms with Crippen molar-refractivity contribution in [2.45, 2.75) is 19.4 Å². The summed E-state index contributed by atoms with van der Waals surface area (Å²) in [6.45, 7) is 0.306. The summed E-state index contributed by atoms with van der Waals surface area (Å²) in [6, 6.07) is 29.2. The monoisotopic (exact) mass is 407 g/mol. The van der Waals surface area contributed by atoms with Crippen molar-refractivity contribution < 1.29 is 9.32 Å². The van der Waals surface area contributed by atoms with Gasteiger partial charge < -0.3 is 4.52 Å². The Morgan fingerprint density at radius 1 is 0.806 bits per heavy atom. The van der Waals surface area contributed by atoms with Gasteiger partial charge in [-0.3, -0.25) is 9.69 Å². The zero-order valence-corrected chi connectivity index (χ0v) is 16.9. The number of anilines is 1. The SMILES string of the molecule is O=C(C#Cc1ccccc1)N(Cc1ccccc1)c1noc(CCc2ccccc2)n1. The van der Waals surface area contributed by atoms with Gasteiger partial charge in [0.05, 0.1) is 6.54 Å². The van der Waals surface area contributed by atoms with E-state index in [-0.39, 0.29) is 11.9 Å². The molecule has 0 atom stereocenters. The Morgan fingerprint density at radius 2 is 1.42 bits per heavy atom. The number of benzene rings is 3. The second-order valence-corrected chi connectivity index (χ2v) is 6.97. The molecule has 4 aromatic rings. The first-order valence-corrected chi connectivity index (χ1v) is 10.1. The largest absolute Gasteiger partial charge is 0.337 e. The molecule has 0 unspecified atom stereocenters. The van der Waals surface area contributed by atoms with Crippen LogP contribution >= 0.6 is 0 Å². The van der Waals surface area contributed by atoms with E-state index in [9.17, 15) is 4.79 Å². The van der Waals surface area contributed by atoms with Crippen LogP contribution in [0.15, 0.2) is 95.5 Å². The van der Waals surface area contributed by atoms with Gasteiger partial charge in [-0.05, 0) is 34.8 Å². The van der Waals surface area contributed by atoms with Crippen LogP contribution in [0.3, 0.4) is 0 Å². The lowest BCUT2D eigenvalue weighted by Crippen LogP contribution is -2.30. The van der Waals surface area contributed by atoms with Crippen molar-refractivity contribution in [2.24, 2.45) is 0 Å². The van der Waals surface area contributed by atoms with Crippen molar-refractivity contribution >= 4 is 11.9 Å². The van der Waals surface area contributed by atoms with E-state index < -0.39 is 0 Å². The third kappa shape index (κ3) is 5.68. The molecule has 0 spiro atoms. The zero-order chi connectivity index (χ0) is 21.3. The molecule has 0 saturated carbocycles. The van der Waals surface area contributed by atoms with Crippen molar-refractivity contribution in [2.75, 3.05) is 4.90 Å². The summed E-state index contributed by atoms with van der Waals surface area (Å²) in [5.41, 5.74) is 2.91. The normalized spacial score (nSPS) is 10.2. The number of rotatable bonds is 6. The van der Waals surface area contributed by atoms with Crippen LogP contribution in [0.2, 0.25) is 0 Å². The summed E-state index contributed by atoms with van der Waals surface area (Å²) in [5, 5.41) is 4.05. The standard InChI is InChI=1S/C26H21N3O2/c30-25(19-17-22-12-6-2-7-13-22)29(20-23-14-8-3-9-15-23)26-27-24(31-28-26)18-16-21-10-4-1-5-11-21/h1-15H,16,18,20H2. The molecule has 1 aromatic heterocycles. The molecular weight excluding hydrogens is 386 g/mol. The van der Waals surface area contributed by atoms with Gasteiger partial charge in [0, 0.05) is 17.9 Å². The molecule has 31 heavy (non-hydrogen) atoms. The van der Waals surface area contributed by atoms with E-state index >= 15 is 0 Å². The maximum Gasteiger partial charge on any atom is 0.306 e. The molecule has 1 heterocycles. The molecule has 0 aliphatic heterocycles. The average molecular weight is 407 g/mol. The predicted octanol–water partition coefficient (Wildman–Crippen LogP) is 4.44. The fourth-order valence-corrected chi connectivity index (χ4v) is 3.07. The van der Waals surface area contributed by atoms with E-state index in [1.807, 2.05) is 78.9 Å². The molecule has 1 amide bonds. The molecule has 152 valence electrons. The number of hydrogen-bond donors (Lipinski definition) is 0. The quantitative estimate of drug-likeness (QED) is 0.444. The molecule has 0 fully saturated rings. The number of carbonyl (C=O) groups is 1. The number of aromatic nitrogens is 2. The Balaban J connectivity index is 1.53. The number of carbonyl (C=O) groups excluding carboxylic acids is 1. The first-order chi connectivity index (χ1) is 15.3. The van der Waals surface area contributed by atoms with Crippen LogP contribution < -0.4 is 4.90 Å². The first kappa shape index (κ1) is 20.1. The molecule has 0 aliphatic carbocycles. The van der Waals surface area contributed by atoms with Crippen molar-refractivity contribution in [1.82, 2.24) is 10.1 Å². The van der Waals surface area contributed by atoms with Crippen LogP contribution in [0.1, 0.15) is 22.6 Å². The minimum absolute atomic E-state index is 0.222. The van der Waals surface area contributed by atoms with Gasteiger partial charge in [0.1, 0.15) is 0 Å². The van der Waals surface area contributed by atoms with Gasteiger partial charge in [-0.15, -0.1) is 0 Å². The Hall–Kier alpha value is -4.17. The summed E-state index contributed by atoms with van der Waals surface area (Å²) in [7, 11) is 0. The highest BCUT2D eigenvalue weighted by atomic mass is 16.5. The molecule has 5 heteroatoms. The zero-order valence-electron chi connectivity index (χ0n) is 16.9. The van der Waals surface area contributed by atoms with Crippen LogP contribution in [0.4, 0.5) is 5.95 Å². The van der Waals surface area contributed by atoms with Crippen molar-refractivity contribution in [3.63, 3.8) is 0 Å². The Labute approximate surface area is 181 Å². The summed E-state index contributed by atoms with van der Waals surface area (Å²) < 4.78 is 5.41. The van der Waals surface area contributed by atoms with Crippen LogP contribution in [0, 0.1) is 11.8 Å². The maximum atomic E-state index is 12.9. The molecule has 5 nitrogen and oxygen atoms in total. The van der Waals surface area contributed by atoms with E-state index in [0.717, 1.165) is 17.5 Å². The summed E-state index contributed by atoms with van der Waals surface area (Å²) in [5.74, 6) is 5.93. The predicted molar refractivity (Wildman–Crippen MR) is 119 cm³/mol. The molecule has 3 aromatic carbocycles. The lowest BCUT2D eigenvalue weighted by atomic mass is 10.1. The summed E-state index contributed by atoms with van der Waals surface area (Å²) in [4.78, 5) is 18.8. The van der Waals surface area contributed by atoms with Crippen molar-refractivity contribution in [3.05, 3.63) is 114 Å². The van der Waals surface area contributed by atoms with Gasteiger partial charge in [0.2, 0.25) is 5.89 Å². The van der Waals surface area contributed by atoms with Gasteiger partial charge in [-0.1, -0.05) is 84.8 Å². The molecule has 4 rings (SSSR count). The average Bonchev–Trinajstić information content (AvgIpc) is 3.30. The van der Waals surface area contributed by atoms with Crippen LogP contribution in [0.5, 0.6) is 0 Å². The Morgan fingerprint density at radius 3 is 2.10 bits per heavy atom. The van der Waals surface area contributed by atoms with E-state index in [1.54, 1.807) is 0 Å². The number of nitrogens with zero attached hydrogens (tertiary/aromatic N) is 3. The van der Waals surface area contributed by atoms with Crippen LogP contribution in [0.25, 0.3) is 0 Å². The number of hydrogen-bond acceptors (Lipinski definition) is 4. The molecule has 0 saturated heterocycles. The van der Waals surface area contributed by atoms with Gasteiger partial charge >= 0.3 is 5.91 Å². The molecule has 0 N–H and O–H groups in total. The third-order valence-electron chi connectivity index (χ3n) is 4.69. The third-order valence-corrected chi connectivity index (χ3v) is 4.69. The molecule has 0 aliphatic rings. The fraction of sp³-hybridized carbons (Fsp3) is 0.115. The van der Waals surface area contributed by atoms with Crippen molar-refractivity contribution in [3.8, 4) is 11.8 Å². The highest BCUT2D eigenvalue weighted by molar-refractivity contribution is 6.05. The van der Waals surface area contributed by atoms with Crippen molar-refractivity contribution in [1.29, 1.82) is 0 Å². The van der Waals surface area contributed by atoms with Gasteiger partial charge in [0.15, 0.2) is 0 Å². The van der Waals surface area contributed by atoms with Gasteiger partial charge in [-0.25, -0.2) is 0 Å². The fourth-order valence-electron chi connectivity index (χ4n) is 3.07. The summed E-state index contributed by atoms with van der Waals surface area (Å²) >= 11 is 0. The van der Waals surface area contributed by atoms with Gasteiger partial charge in [0.25, 0.3) is 5.95 Å². The Bertz CT molecular complexity index is 1180. The minimum atomic E-state index is -0.386. The number of aryl methyl sites for hydroxylation is 2. The summed E-state index contributed by atoms with van der Waals surface area (Å²) in [6.07, 6.45) is 1.38. The lowest BCUT2D eigenvalue weighted by molar-refractivity contribution is -0.113. The highest BCUT2D eigenvalue weighted by Gasteiger charge is 2.20. The molecular formula is C26H21N3O2. The second-order valence-electron chi connectivity index (χ2n) is 6.97. The van der Waals surface area contributed by atoms with E-state index in [2.05, 4.69) is 34.1 Å². The Kier molecular flexibility index (Phi) is 6.51. The van der Waals surface area contributed by atoms with E-state index in [4.69, 9.17) is 4.52 Å². The highest BCUT2D eigenvalue weighted by Crippen LogP contribution is 2.15.